The van der Waals surface area contributed by atoms with Crippen LogP contribution >= 0.6 is 0 Å². The molecular weight excluding hydrogens is 358 g/mol. The molecule has 7 heteroatoms. The van der Waals surface area contributed by atoms with Crippen LogP contribution in [0.1, 0.15) is 12.5 Å². The van der Waals surface area contributed by atoms with Crippen LogP contribution < -0.4 is 25.0 Å². The molecule has 7 nitrogen and oxygen atoms in total. The lowest BCUT2D eigenvalue weighted by atomic mass is 10.2. The Bertz CT molecular complexity index is 792. The van der Waals surface area contributed by atoms with Gasteiger partial charge in [0.25, 0.3) is 11.8 Å². The quantitative estimate of drug-likeness (QED) is 0.597. The lowest BCUT2D eigenvalue weighted by Gasteiger charge is -2.20. The zero-order valence-corrected chi connectivity index (χ0v) is 16.7. The van der Waals surface area contributed by atoms with Crippen molar-refractivity contribution >= 4 is 17.5 Å². The SMILES string of the molecule is COc1ccc(CNC(=O)[C@H](C)[NH+](C)CC(=O)Nc2cccc(OC)c2)cc1. The number of nitrogens with one attached hydrogen (secondary N) is 3. The molecule has 28 heavy (non-hydrogen) atoms. The molecule has 0 fully saturated rings. The minimum absolute atomic E-state index is 0.109. The molecule has 3 N–H and O–H groups in total. The number of methoxy groups -OCH3 is 2. The Kier molecular flexibility index (Phi) is 7.83. The average molecular weight is 386 g/mol. The van der Waals surface area contributed by atoms with Gasteiger partial charge in [0.2, 0.25) is 0 Å². The van der Waals surface area contributed by atoms with Gasteiger partial charge < -0.3 is 25.0 Å². The van der Waals surface area contributed by atoms with E-state index in [0.29, 0.717) is 18.0 Å². The third-order valence-electron chi connectivity index (χ3n) is 4.55. The highest BCUT2D eigenvalue weighted by Gasteiger charge is 2.23. The van der Waals surface area contributed by atoms with E-state index in [1.54, 1.807) is 39.3 Å². The predicted octanol–water partition coefficient (Wildman–Crippen LogP) is 0.862. The molecule has 0 spiro atoms. The summed E-state index contributed by atoms with van der Waals surface area (Å²) in [5.74, 6) is 1.17. The summed E-state index contributed by atoms with van der Waals surface area (Å²) in [5.41, 5.74) is 1.64. The molecule has 0 aromatic heterocycles. The summed E-state index contributed by atoms with van der Waals surface area (Å²) in [6.45, 7) is 2.41. The number of hydrogen-bond donors (Lipinski definition) is 3. The van der Waals surface area contributed by atoms with E-state index in [9.17, 15) is 9.59 Å². The maximum Gasteiger partial charge on any atom is 0.279 e. The fraction of sp³-hybridized carbons (Fsp3) is 0.333. The molecule has 0 aliphatic carbocycles. The van der Waals surface area contributed by atoms with E-state index in [1.165, 1.54) is 0 Å². The molecule has 2 rings (SSSR count). The highest BCUT2D eigenvalue weighted by Crippen LogP contribution is 2.16. The van der Waals surface area contributed by atoms with Crippen molar-refractivity contribution in [2.75, 3.05) is 33.1 Å². The molecular formula is C21H28N3O4+. The van der Waals surface area contributed by atoms with Crippen molar-refractivity contribution < 1.29 is 24.0 Å². The number of quaternary nitrogens is 1. The number of carbonyl (C=O) groups excluding carboxylic acids is 2. The van der Waals surface area contributed by atoms with E-state index in [2.05, 4.69) is 10.6 Å². The second-order valence-corrected chi connectivity index (χ2v) is 6.59. The van der Waals surface area contributed by atoms with Gasteiger partial charge in [-0.05, 0) is 36.8 Å². The summed E-state index contributed by atoms with van der Waals surface area (Å²) in [6.07, 6.45) is 0. The summed E-state index contributed by atoms with van der Waals surface area (Å²) < 4.78 is 10.3. The maximum absolute atomic E-state index is 12.4. The van der Waals surface area contributed by atoms with Crippen LogP contribution in [0.3, 0.4) is 0 Å². The first-order valence-electron chi connectivity index (χ1n) is 9.09. The zero-order chi connectivity index (χ0) is 20.5. The van der Waals surface area contributed by atoms with Crippen LogP contribution in [0.5, 0.6) is 11.5 Å². The molecule has 150 valence electrons. The largest absolute Gasteiger partial charge is 0.497 e. The summed E-state index contributed by atoms with van der Waals surface area (Å²) >= 11 is 0. The summed E-state index contributed by atoms with van der Waals surface area (Å²) in [4.78, 5) is 25.5. The lowest BCUT2D eigenvalue weighted by Crippen LogP contribution is -3.15. The van der Waals surface area contributed by atoms with Crippen LogP contribution in [0.15, 0.2) is 48.5 Å². The molecule has 0 saturated heterocycles. The number of likely N-dealkylation sites (N-methyl/N-ethyl adjacent to an activating group) is 1. The van der Waals surface area contributed by atoms with Gasteiger partial charge in [0.1, 0.15) is 11.5 Å². The van der Waals surface area contributed by atoms with Crippen LogP contribution in [0, 0.1) is 0 Å². The topological polar surface area (TPSA) is 81.1 Å². The van der Waals surface area contributed by atoms with Gasteiger partial charge in [0.15, 0.2) is 12.6 Å². The minimum atomic E-state index is -0.366. The number of hydrogen-bond acceptors (Lipinski definition) is 4. The van der Waals surface area contributed by atoms with Gasteiger partial charge in [-0.25, -0.2) is 0 Å². The number of rotatable bonds is 9. The van der Waals surface area contributed by atoms with Crippen molar-refractivity contribution in [3.63, 3.8) is 0 Å². The van der Waals surface area contributed by atoms with Gasteiger partial charge in [-0.3, -0.25) is 9.59 Å². The molecule has 2 atom stereocenters. The molecule has 0 heterocycles. The molecule has 2 amide bonds. The minimum Gasteiger partial charge on any atom is -0.497 e. The van der Waals surface area contributed by atoms with Crippen molar-refractivity contribution in [2.24, 2.45) is 0 Å². The predicted molar refractivity (Wildman–Crippen MR) is 108 cm³/mol. The number of carbonyl (C=O) groups is 2. The second kappa shape index (κ2) is 10.3. The van der Waals surface area contributed by atoms with Crippen molar-refractivity contribution in [1.82, 2.24) is 5.32 Å². The molecule has 0 saturated carbocycles. The Hall–Kier alpha value is -3.06. The Morgan fingerprint density at radius 3 is 2.36 bits per heavy atom. The van der Waals surface area contributed by atoms with E-state index in [4.69, 9.17) is 9.47 Å². The smallest absolute Gasteiger partial charge is 0.279 e. The Morgan fingerprint density at radius 2 is 1.71 bits per heavy atom. The first-order valence-corrected chi connectivity index (χ1v) is 9.09. The van der Waals surface area contributed by atoms with Gasteiger partial charge in [-0.2, -0.15) is 0 Å². The van der Waals surface area contributed by atoms with Crippen LogP contribution in [-0.4, -0.2) is 45.7 Å². The van der Waals surface area contributed by atoms with Crippen LogP contribution in [-0.2, 0) is 16.1 Å². The molecule has 2 aromatic rings. The number of benzene rings is 2. The fourth-order valence-corrected chi connectivity index (χ4v) is 2.62. The molecule has 0 aliphatic rings. The number of anilines is 1. The van der Waals surface area contributed by atoms with Gasteiger partial charge >= 0.3 is 0 Å². The number of ether oxygens (including phenoxy) is 2. The van der Waals surface area contributed by atoms with E-state index >= 15 is 0 Å². The molecule has 2 aromatic carbocycles. The van der Waals surface area contributed by atoms with E-state index in [1.807, 2.05) is 37.4 Å². The second-order valence-electron chi connectivity index (χ2n) is 6.59. The van der Waals surface area contributed by atoms with E-state index < -0.39 is 0 Å². The summed E-state index contributed by atoms with van der Waals surface area (Å²) in [6, 6.07) is 14.3. The third kappa shape index (κ3) is 6.28. The van der Waals surface area contributed by atoms with Gasteiger partial charge in [0.05, 0.1) is 21.3 Å². The number of amides is 2. The van der Waals surface area contributed by atoms with Crippen molar-refractivity contribution in [3.8, 4) is 11.5 Å². The lowest BCUT2D eigenvalue weighted by molar-refractivity contribution is -0.885. The fourth-order valence-electron chi connectivity index (χ4n) is 2.62. The highest BCUT2D eigenvalue weighted by atomic mass is 16.5. The molecule has 0 bridgehead atoms. The van der Waals surface area contributed by atoms with Crippen molar-refractivity contribution in [3.05, 3.63) is 54.1 Å². The van der Waals surface area contributed by atoms with E-state index in [0.717, 1.165) is 16.2 Å². The van der Waals surface area contributed by atoms with Crippen LogP contribution in [0.2, 0.25) is 0 Å². The first-order chi connectivity index (χ1) is 13.4. The van der Waals surface area contributed by atoms with Gasteiger partial charge in [0, 0.05) is 18.3 Å². The van der Waals surface area contributed by atoms with E-state index in [-0.39, 0.29) is 24.4 Å². The van der Waals surface area contributed by atoms with Crippen molar-refractivity contribution in [2.45, 2.75) is 19.5 Å². The van der Waals surface area contributed by atoms with Gasteiger partial charge in [-0.15, -0.1) is 0 Å². The maximum atomic E-state index is 12.4. The summed E-state index contributed by atoms with van der Waals surface area (Å²) in [7, 11) is 5.01. The molecule has 0 aliphatic heterocycles. The van der Waals surface area contributed by atoms with Crippen LogP contribution in [0.4, 0.5) is 5.69 Å². The Morgan fingerprint density at radius 1 is 1.04 bits per heavy atom. The Balaban J connectivity index is 1.81. The standard InChI is InChI=1S/C21H27N3O4/c1-15(21(26)22-13-16-8-10-18(27-3)11-9-16)24(2)14-20(25)23-17-6-5-7-19(12-17)28-4/h5-12,15H,13-14H2,1-4H3,(H,22,26)(H,23,25)/p+1/t15-/m0/s1. The van der Waals surface area contributed by atoms with Gasteiger partial charge in [-0.1, -0.05) is 18.2 Å². The monoisotopic (exact) mass is 386 g/mol. The molecule has 1 unspecified atom stereocenters. The molecule has 0 radical (unpaired) electrons. The normalized spacial score (nSPS) is 12.6. The Labute approximate surface area is 165 Å². The average Bonchev–Trinajstić information content (AvgIpc) is 2.71. The first kappa shape index (κ1) is 21.2. The third-order valence-corrected chi connectivity index (χ3v) is 4.55. The van der Waals surface area contributed by atoms with Crippen LogP contribution in [0.25, 0.3) is 0 Å². The summed E-state index contributed by atoms with van der Waals surface area (Å²) in [5, 5.41) is 5.73. The highest BCUT2D eigenvalue weighted by molar-refractivity contribution is 5.91. The zero-order valence-electron chi connectivity index (χ0n) is 16.7. The van der Waals surface area contributed by atoms with Crippen molar-refractivity contribution in [1.29, 1.82) is 0 Å².